The Bertz CT molecular complexity index is 1040. The van der Waals surface area contributed by atoms with Crippen LogP contribution in [0.2, 0.25) is 10.0 Å². The van der Waals surface area contributed by atoms with Gasteiger partial charge in [0, 0.05) is 30.9 Å². The lowest BCUT2D eigenvalue weighted by Crippen LogP contribution is -2.39. The molecule has 1 aliphatic rings. The molecule has 0 aliphatic carbocycles. The van der Waals surface area contributed by atoms with E-state index in [-0.39, 0.29) is 13.1 Å². The van der Waals surface area contributed by atoms with Gasteiger partial charge in [0.15, 0.2) is 0 Å². The first kappa shape index (κ1) is 15.6. The third-order valence-corrected chi connectivity index (χ3v) is 5.86. The molecule has 10 heteroatoms. The molecule has 2 N–H and O–H groups in total. The lowest BCUT2D eigenvalue weighted by Gasteiger charge is -2.29. The van der Waals surface area contributed by atoms with Gasteiger partial charge in [0.25, 0.3) is 0 Å². The lowest BCUT2D eigenvalue weighted by atomic mass is 10.1. The Labute approximate surface area is 147 Å². The highest BCUT2D eigenvalue weighted by molar-refractivity contribution is 7.90. The molecule has 1 aromatic carbocycles. The van der Waals surface area contributed by atoms with Crippen molar-refractivity contribution >= 4 is 50.0 Å². The molecule has 0 radical (unpaired) electrons. The van der Waals surface area contributed by atoms with Gasteiger partial charge in [-0.05, 0) is 23.3 Å². The van der Waals surface area contributed by atoms with Gasteiger partial charge >= 0.3 is 10.2 Å². The molecule has 0 fully saturated rings. The molecule has 0 bridgehead atoms. The van der Waals surface area contributed by atoms with Crippen LogP contribution in [0.4, 0.5) is 5.69 Å². The lowest BCUT2D eigenvalue weighted by molar-refractivity contribution is 0.399. The summed E-state index contributed by atoms with van der Waals surface area (Å²) < 4.78 is 29.1. The summed E-state index contributed by atoms with van der Waals surface area (Å²) in [4.78, 5) is 2.98. The quantitative estimate of drug-likeness (QED) is 0.711. The van der Waals surface area contributed by atoms with Gasteiger partial charge in [0.05, 0.1) is 27.4 Å². The molecule has 7 nitrogen and oxygen atoms in total. The maximum atomic E-state index is 12.6. The Morgan fingerprint density at radius 1 is 1.25 bits per heavy atom. The van der Waals surface area contributed by atoms with Gasteiger partial charge < -0.3 is 4.98 Å². The van der Waals surface area contributed by atoms with Gasteiger partial charge in [0.2, 0.25) is 0 Å². The van der Waals surface area contributed by atoms with Crippen LogP contribution in [0, 0.1) is 0 Å². The fourth-order valence-corrected chi connectivity index (χ4v) is 4.63. The minimum atomic E-state index is -3.70. The summed E-state index contributed by atoms with van der Waals surface area (Å²) in [6.07, 6.45) is 4.64. The number of fused-ring (bicyclic) bond motifs is 3. The molecule has 3 heterocycles. The van der Waals surface area contributed by atoms with Crippen LogP contribution in [0.3, 0.4) is 0 Å². The zero-order chi connectivity index (χ0) is 16.9. The van der Waals surface area contributed by atoms with Crippen molar-refractivity contribution in [3.05, 3.63) is 51.9 Å². The average Bonchev–Trinajstić information content (AvgIpc) is 2.93. The second kappa shape index (κ2) is 5.59. The largest absolute Gasteiger partial charge is 0.358 e. The number of halogens is 2. The SMILES string of the molecule is O=S1(=O)Nc2c(cc(Cl)c3c(Cl)c[nH]c23)CN1Cc1ccnnc1. The van der Waals surface area contributed by atoms with Crippen LogP contribution in [0.25, 0.3) is 10.9 Å². The van der Waals surface area contributed by atoms with Crippen LogP contribution >= 0.6 is 23.2 Å². The second-order valence-corrected chi connectivity index (χ2v) is 7.89. The smallest absolute Gasteiger partial charge is 0.302 e. The van der Waals surface area contributed by atoms with E-state index in [0.717, 1.165) is 11.1 Å². The zero-order valence-electron chi connectivity index (χ0n) is 12.1. The molecule has 0 atom stereocenters. The van der Waals surface area contributed by atoms with Crippen molar-refractivity contribution in [2.24, 2.45) is 0 Å². The number of H-pyrrole nitrogens is 1. The van der Waals surface area contributed by atoms with Gasteiger partial charge in [-0.15, -0.1) is 0 Å². The molecular weight excluding hydrogens is 373 g/mol. The van der Waals surface area contributed by atoms with E-state index in [1.807, 2.05) is 0 Å². The molecular formula is C14H11Cl2N5O2S. The maximum absolute atomic E-state index is 12.6. The number of nitrogens with zero attached hydrogens (tertiary/aromatic N) is 3. The van der Waals surface area contributed by atoms with Crippen molar-refractivity contribution < 1.29 is 8.42 Å². The molecule has 0 saturated carbocycles. The third kappa shape index (κ3) is 2.51. The van der Waals surface area contributed by atoms with Gasteiger partial charge in [-0.1, -0.05) is 23.2 Å². The second-order valence-electron chi connectivity index (χ2n) is 5.40. The summed E-state index contributed by atoms with van der Waals surface area (Å²) in [5, 5.41) is 8.98. The summed E-state index contributed by atoms with van der Waals surface area (Å²) >= 11 is 12.4. The number of hydrogen-bond donors (Lipinski definition) is 2. The predicted molar refractivity (Wildman–Crippen MR) is 92.1 cm³/mol. The molecule has 0 unspecified atom stereocenters. The molecule has 124 valence electrons. The Balaban J connectivity index is 1.79. The van der Waals surface area contributed by atoms with Gasteiger partial charge in [-0.3, -0.25) is 4.72 Å². The van der Waals surface area contributed by atoms with E-state index in [1.165, 1.54) is 16.7 Å². The highest BCUT2D eigenvalue weighted by Gasteiger charge is 2.31. The molecule has 0 amide bonds. The van der Waals surface area contributed by atoms with Crippen LogP contribution in [-0.4, -0.2) is 27.9 Å². The highest BCUT2D eigenvalue weighted by Crippen LogP contribution is 2.40. The highest BCUT2D eigenvalue weighted by atomic mass is 35.5. The van der Waals surface area contributed by atoms with Crippen LogP contribution in [0.5, 0.6) is 0 Å². The number of aromatic nitrogens is 3. The van der Waals surface area contributed by atoms with Gasteiger partial charge in [-0.2, -0.15) is 22.9 Å². The predicted octanol–water partition coefficient (Wildman–Crippen LogP) is 2.94. The van der Waals surface area contributed by atoms with Crippen molar-refractivity contribution in [1.82, 2.24) is 19.5 Å². The van der Waals surface area contributed by atoms with E-state index in [1.54, 1.807) is 18.3 Å². The van der Waals surface area contributed by atoms with E-state index >= 15 is 0 Å². The number of benzene rings is 1. The first-order valence-corrected chi connectivity index (χ1v) is 9.17. The van der Waals surface area contributed by atoms with Gasteiger partial charge in [-0.25, -0.2) is 0 Å². The minimum Gasteiger partial charge on any atom is -0.358 e. The molecule has 3 aromatic rings. The summed E-state index contributed by atoms with van der Waals surface area (Å²) in [6.45, 7) is 0.380. The number of anilines is 1. The fourth-order valence-electron chi connectivity index (χ4n) is 2.75. The average molecular weight is 384 g/mol. The van der Waals surface area contributed by atoms with E-state index in [9.17, 15) is 8.42 Å². The summed E-state index contributed by atoms with van der Waals surface area (Å²) in [7, 11) is -3.70. The van der Waals surface area contributed by atoms with Crippen LogP contribution < -0.4 is 4.72 Å². The molecule has 4 rings (SSSR count). The van der Waals surface area contributed by atoms with E-state index in [0.29, 0.717) is 26.6 Å². The topological polar surface area (TPSA) is 91.0 Å². The minimum absolute atomic E-state index is 0.186. The zero-order valence-corrected chi connectivity index (χ0v) is 14.5. The molecule has 2 aromatic heterocycles. The Morgan fingerprint density at radius 2 is 2.08 bits per heavy atom. The number of nitrogens with one attached hydrogen (secondary N) is 2. The standard InChI is InChI=1S/C14H11Cl2N5O2S/c15-10-3-9-7-21(6-8-1-2-18-19-4-8)24(22,23)20-13(9)14-12(10)11(16)5-17-14/h1-5,17,20H,6-7H2. The maximum Gasteiger partial charge on any atom is 0.302 e. The van der Waals surface area contributed by atoms with Crippen LogP contribution in [0.1, 0.15) is 11.1 Å². The first-order chi connectivity index (χ1) is 11.5. The monoisotopic (exact) mass is 383 g/mol. The summed E-state index contributed by atoms with van der Waals surface area (Å²) in [5.41, 5.74) is 2.57. The number of rotatable bonds is 2. The van der Waals surface area contributed by atoms with Crippen molar-refractivity contribution in [1.29, 1.82) is 0 Å². The number of aromatic amines is 1. The van der Waals surface area contributed by atoms with Crippen molar-refractivity contribution in [2.75, 3.05) is 4.72 Å². The fraction of sp³-hybridized carbons (Fsp3) is 0.143. The Kier molecular flexibility index (Phi) is 3.65. The summed E-state index contributed by atoms with van der Waals surface area (Å²) in [6, 6.07) is 3.46. The summed E-state index contributed by atoms with van der Waals surface area (Å²) in [5.74, 6) is 0. The third-order valence-electron chi connectivity index (χ3n) is 3.87. The van der Waals surface area contributed by atoms with Gasteiger partial charge in [0.1, 0.15) is 0 Å². The van der Waals surface area contributed by atoms with Crippen molar-refractivity contribution in [3.63, 3.8) is 0 Å². The molecule has 0 saturated heterocycles. The van der Waals surface area contributed by atoms with E-state index in [2.05, 4.69) is 19.9 Å². The normalized spacial score (nSPS) is 16.8. The Hall–Kier alpha value is -1.87. The first-order valence-electron chi connectivity index (χ1n) is 6.97. The molecule has 0 spiro atoms. The van der Waals surface area contributed by atoms with Crippen molar-refractivity contribution in [2.45, 2.75) is 13.1 Å². The van der Waals surface area contributed by atoms with Crippen LogP contribution in [-0.2, 0) is 23.3 Å². The van der Waals surface area contributed by atoms with E-state index < -0.39 is 10.2 Å². The molecule has 1 aliphatic heterocycles. The van der Waals surface area contributed by atoms with Crippen molar-refractivity contribution in [3.8, 4) is 0 Å². The van der Waals surface area contributed by atoms with E-state index in [4.69, 9.17) is 23.2 Å². The van der Waals surface area contributed by atoms with Crippen LogP contribution in [0.15, 0.2) is 30.7 Å². The molecule has 24 heavy (non-hydrogen) atoms. The number of hydrogen-bond acceptors (Lipinski definition) is 4. The Morgan fingerprint density at radius 3 is 2.83 bits per heavy atom.